The van der Waals surface area contributed by atoms with Crippen LogP contribution in [0, 0.1) is 0 Å². The topological polar surface area (TPSA) is 73.6 Å². The third-order valence-corrected chi connectivity index (χ3v) is 3.95. The van der Waals surface area contributed by atoms with Crippen LogP contribution in [0.25, 0.3) is 0 Å². The van der Waals surface area contributed by atoms with Gasteiger partial charge in [-0.15, -0.1) is 0 Å². The van der Waals surface area contributed by atoms with E-state index in [2.05, 4.69) is 24.4 Å². The molecule has 0 unspecified atom stereocenters. The van der Waals surface area contributed by atoms with Gasteiger partial charge in [0.15, 0.2) is 18.1 Å². The molecular formula is C18H21ClN2O3. The molecule has 0 aliphatic heterocycles. The van der Waals surface area contributed by atoms with Gasteiger partial charge in [0, 0.05) is 23.7 Å². The molecule has 0 radical (unpaired) electrons. The summed E-state index contributed by atoms with van der Waals surface area (Å²) in [6, 6.07) is 13.8. The normalized spacial score (nSPS) is 11.8. The van der Waals surface area contributed by atoms with E-state index in [1.165, 1.54) is 12.7 Å². The van der Waals surface area contributed by atoms with Crippen molar-refractivity contribution in [1.82, 2.24) is 5.32 Å². The Bertz CT molecular complexity index is 692. The third-order valence-electron chi connectivity index (χ3n) is 3.60. The summed E-state index contributed by atoms with van der Waals surface area (Å²) in [5, 5.41) is 3.95. The van der Waals surface area contributed by atoms with Crippen LogP contribution in [0.3, 0.4) is 0 Å². The van der Waals surface area contributed by atoms with E-state index in [4.69, 9.17) is 26.8 Å². The second-order valence-corrected chi connectivity index (χ2v) is 5.77. The lowest BCUT2D eigenvalue weighted by molar-refractivity contribution is -0.119. The Hall–Kier alpha value is -2.24. The number of ether oxygens (including phenoxy) is 2. The van der Waals surface area contributed by atoms with E-state index in [0.717, 1.165) is 5.56 Å². The average molecular weight is 349 g/mol. The SMILES string of the molecule is COc1cc(CN[C@H](C)c2ccccc2)c(Cl)cc1OCC(N)=O. The summed E-state index contributed by atoms with van der Waals surface area (Å²) >= 11 is 6.31. The minimum atomic E-state index is -0.560. The van der Waals surface area contributed by atoms with Gasteiger partial charge in [0.05, 0.1) is 7.11 Å². The summed E-state index contributed by atoms with van der Waals surface area (Å²) in [6.07, 6.45) is 0. The molecule has 0 bridgehead atoms. The van der Waals surface area contributed by atoms with Crippen molar-refractivity contribution >= 4 is 17.5 Å². The standard InChI is InChI=1S/C18H21ClN2O3/c1-12(13-6-4-3-5-7-13)21-10-14-8-16(23-2)17(9-15(14)19)24-11-18(20)22/h3-9,12,21H,10-11H2,1-2H3,(H2,20,22)/t12-/m1/s1. The van der Waals surface area contributed by atoms with Crippen LogP contribution in [0.5, 0.6) is 11.5 Å². The molecule has 0 saturated carbocycles. The van der Waals surface area contributed by atoms with Crippen LogP contribution in [-0.2, 0) is 11.3 Å². The number of nitrogens with two attached hydrogens (primary N) is 1. The molecule has 0 aliphatic rings. The molecule has 2 aromatic carbocycles. The first-order chi connectivity index (χ1) is 11.5. The zero-order valence-corrected chi connectivity index (χ0v) is 14.5. The molecule has 1 amide bonds. The van der Waals surface area contributed by atoms with E-state index in [1.807, 2.05) is 18.2 Å². The van der Waals surface area contributed by atoms with Gasteiger partial charge in [0.2, 0.25) is 0 Å². The number of carbonyl (C=O) groups excluding carboxylic acids is 1. The summed E-state index contributed by atoms with van der Waals surface area (Å²) in [5.41, 5.74) is 7.16. The van der Waals surface area contributed by atoms with Gasteiger partial charge in [-0.3, -0.25) is 4.79 Å². The Labute approximate surface area is 146 Å². The smallest absolute Gasteiger partial charge is 0.255 e. The molecule has 0 spiro atoms. The number of rotatable bonds is 8. The fraction of sp³-hybridized carbons (Fsp3) is 0.278. The van der Waals surface area contributed by atoms with Crippen LogP contribution in [0.15, 0.2) is 42.5 Å². The molecule has 6 heteroatoms. The van der Waals surface area contributed by atoms with Gasteiger partial charge in [-0.05, 0) is 24.1 Å². The van der Waals surface area contributed by atoms with E-state index < -0.39 is 5.91 Å². The molecule has 0 fully saturated rings. The van der Waals surface area contributed by atoms with Crippen LogP contribution in [0.1, 0.15) is 24.1 Å². The number of nitrogens with one attached hydrogen (secondary N) is 1. The fourth-order valence-corrected chi connectivity index (χ4v) is 2.48. The van der Waals surface area contributed by atoms with Crippen molar-refractivity contribution in [2.45, 2.75) is 19.5 Å². The van der Waals surface area contributed by atoms with Gasteiger partial charge >= 0.3 is 0 Å². The minimum absolute atomic E-state index is 0.180. The maximum absolute atomic E-state index is 10.8. The first kappa shape index (κ1) is 18.1. The van der Waals surface area contributed by atoms with Crippen molar-refractivity contribution in [3.63, 3.8) is 0 Å². The summed E-state index contributed by atoms with van der Waals surface area (Å²) in [6.45, 7) is 2.43. The number of methoxy groups -OCH3 is 1. The highest BCUT2D eigenvalue weighted by Crippen LogP contribution is 2.33. The molecule has 0 aliphatic carbocycles. The maximum atomic E-state index is 10.8. The molecule has 0 aromatic heterocycles. The van der Waals surface area contributed by atoms with E-state index in [-0.39, 0.29) is 12.6 Å². The number of carbonyl (C=O) groups is 1. The summed E-state index contributed by atoms with van der Waals surface area (Å²) < 4.78 is 10.6. The highest BCUT2D eigenvalue weighted by atomic mass is 35.5. The Kier molecular flexibility index (Phi) is 6.46. The van der Waals surface area contributed by atoms with Crippen molar-refractivity contribution in [2.24, 2.45) is 5.73 Å². The second-order valence-electron chi connectivity index (χ2n) is 5.36. The van der Waals surface area contributed by atoms with Gasteiger partial charge in [-0.2, -0.15) is 0 Å². The molecule has 0 saturated heterocycles. The van der Waals surface area contributed by atoms with E-state index in [1.54, 1.807) is 12.1 Å². The molecular weight excluding hydrogens is 328 g/mol. The predicted molar refractivity (Wildman–Crippen MR) is 94.4 cm³/mol. The van der Waals surface area contributed by atoms with Crippen LogP contribution in [-0.4, -0.2) is 19.6 Å². The molecule has 5 nitrogen and oxygen atoms in total. The lowest BCUT2D eigenvalue weighted by Gasteiger charge is -2.17. The lowest BCUT2D eigenvalue weighted by atomic mass is 10.1. The number of hydrogen-bond donors (Lipinski definition) is 2. The Balaban J connectivity index is 2.08. The van der Waals surface area contributed by atoms with Crippen molar-refractivity contribution in [3.8, 4) is 11.5 Å². The van der Waals surface area contributed by atoms with E-state index in [9.17, 15) is 4.79 Å². The number of primary amides is 1. The number of benzene rings is 2. The molecule has 0 heterocycles. The molecule has 1 atom stereocenters. The van der Waals surface area contributed by atoms with Gasteiger partial charge in [-0.1, -0.05) is 41.9 Å². The van der Waals surface area contributed by atoms with Gasteiger partial charge in [0.25, 0.3) is 5.91 Å². The van der Waals surface area contributed by atoms with Gasteiger partial charge in [0.1, 0.15) is 0 Å². The van der Waals surface area contributed by atoms with Crippen molar-refractivity contribution in [1.29, 1.82) is 0 Å². The zero-order valence-electron chi connectivity index (χ0n) is 13.7. The molecule has 2 aromatic rings. The average Bonchev–Trinajstić information content (AvgIpc) is 2.59. The summed E-state index contributed by atoms with van der Waals surface area (Å²) in [7, 11) is 1.53. The Morgan fingerprint density at radius 3 is 2.58 bits per heavy atom. The Morgan fingerprint density at radius 1 is 1.25 bits per heavy atom. The van der Waals surface area contributed by atoms with Crippen LogP contribution >= 0.6 is 11.6 Å². The summed E-state index contributed by atoms with van der Waals surface area (Å²) in [4.78, 5) is 10.8. The van der Waals surface area contributed by atoms with Gasteiger partial charge < -0.3 is 20.5 Å². The van der Waals surface area contributed by atoms with Crippen LogP contribution in [0.4, 0.5) is 0 Å². The summed E-state index contributed by atoms with van der Waals surface area (Å²) in [5.74, 6) is 0.335. The first-order valence-corrected chi connectivity index (χ1v) is 7.95. The monoisotopic (exact) mass is 348 g/mol. The van der Waals surface area contributed by atoms with Crippen molar-refractivity contribution in [2.75, 3.05) is 13.7 Å². The molecule has 128 valence electrons. The van der Waals surface area contributed by atoms with Crippen molar-refractivity contribution < 1.29 is 14.3 Å². The largest absolute Gasteiger partial charge is 0.493 e. The first-order valence-electron chi connectivity index (χ1n) is 7.57. The molecule has 2 rings (SSSR count). The van der Waals surface area contributed by atoms with Crippen LogP contribution in [0.2, 0.25) is 5.02 Å². The third kappa shape index (κ3) is 4.88. The van der Waals surface area contributed by atoms with E-state index >= 15 is 0 Å². The van der Waals surface area contributed by atoms with Crippen molar-refractivity contribution in [3.05, 3.63) is 58.6 Å². The van der Waals surface area contributed by atoms with Gasteiger partial charge in [-0.25, -0.2) is 0 Å². The zero-order chi connectivity index (χ0) is 17.5. The molecule has 3 N–H and O–H groups in total. The quantitative estimate of drug-likeness (QED) is 0.769. The Morgan fingerprint density at radius 2 is 1.96 bits per heavy atom. The number of halogens is 1. The number of hydrogen-bond acceptors (Lipinski definition) is 4. The fourth-order valence-electron chi connectivity index (χ4n) is 2.26. The maximum Gasteiger partial charge on any atom is 0.255 e. The molecule has 24 heavy (non-hydrogen) atoms. The van der Waals surface area contributed by atoms with E-state index in [0.29, 0.717) is 23.1 Å². The predicted octanol–water partition coefficient (Wildman–Crippen LogP) is 3.06. The van der Waals surface area contributed by atoms with Crippen LogP contribution < -0.4 is 20.5 Å². The lowest BCUT2D eigenvalue weighted by Crippen LogP contribution is -2.20. The minimum Gasteiger partial charge on any atom is -0.493 e. The second kappa shape index (κ2) is 8.57. The highest BCUT2D eigenvalue weighted by Gasteiger charge is 2.13. The highest BCUT2D eigenvalue weighted by molar-refractivity contribution is 6.31. The number of amides is 1.